The molecule has 142 valence electrons. The lowest BCUT2D eigenvalue weighted by Crippen LogP contribution is -2.05. The predicted molar refractivity (Wildman–Crippen MR) is 107 cm³/mol. The summed E-state index contributed by atoms with van der Waals surface area (Å²) in [4.78, 5) is 19.3. The summed E-state index contributed by atoms with van der Waals surface area (Å²) in [5.41, 5.74) is 9.83. The van der Waals surface area contributed by atoms with Crippen LogP contribution in [0.3, 0.4) is 0 Å². The van der Waals surface area contributed by atoms with Gasteiger partial charge in [0.1, 0.15) is 0 Å². The second-order valence-corrected chi connectivity index (χ2v) is 6.54. The van der Waals surface area contributed by atoms with E-state index in [1.165, 1.54) is 6.07 Å². The van der Waals surface area contributed by atoms with Gasteiger partial charge < -0.3 is 5.73 Å². The van der Waals surface area contributed by atoms with E-state index in [1.54, 1.807) is 48.1 Å². The second kappa shape index (κ2) is 7.01. The minimum atomic E-state index is -0.405. The first-order valence-electron chi connectivity index (χ1n) is 8.70. The van der Waals surface area contributed by atoms with E-state index in [0.29, 0.717) is 34.4 Å². The van der Waals surface area contributed by atoms with Crippen molar-refractivity contribution in [2.45, 2.75) is 13.5 Å². The Kier molecular flexibility index (Phi) is 4.37. The van der Waals surface area contributed by atoms with Crippen molar-refractivity contribution in [3.63, 3.8) is 0 Å². The van der Waals surface area contributed by atoms with Crippen molar-refractivity contribution < 1.29 is 4.92 Å². The zero-order valence-electron chi connectivity index (χ0n) is 15.4. The third-order valence-corrected chi connectivity index (χ3v) is 4.57. The number of rotatable bonds is 4. The predicted octanol–water partition coefficient (Wildman–Crippen LogP) is 3.21. The Balaban J connectivity index is 1.78. The van der Waals surface area contributed by atoms with Gasteiger partial charge in [0, 0.05) is 17.2 Å². The van der Waals surface area contributed by atoms with Crippen LogP contribution in [0.25, 0.3) is 22.3 Å². The maximum absolute atomic E-state index is 11.0. The van der Waals surface area contributed by atoms with Crippen molar-refractivity contribution in [2.75, 3.05) is 5.73 Å². The summed E-state index contributed by atoms with van der Waals surface area (Å²) in [5, 5.41) is 25.3. The number of anilines is 1. The second-order valence-electron chi connectivity index (χ2n) is 6.54. The van der Waals surface area contributed by atoms with Gasteiger partial charge in [-0.1, -0.05) is 18.2 Å². The van der Waals surface area contributed by atoms with Crippen LogP contribution in [0.4, 0.5) is 11.6 Å². The van der Waals surface area contributed by atoms with Gasteiger partial charge >= 0.3 is 0 Å². The number of nitro groups is 1. The lowest BCUT2D eigenvalue weighted by Gasteiger charge is -2.07. The van der Waals surface area contributed by atoms with Gasteiger partial charge in [-0.25, -0.2) is 9.67 Å². The number of hydrogen-bond donors (Lipinski definition) is 1. The van der Waals surface area contributed by atoms with Crippen molar-refractivity contribution in [3.05, 3.63) is 75.5 Å². The van der Waals surface area contributed by atoms with E-state index in [4.69, 9.17) is 11.0 Å². The summed E-state index contributed by atoms with van der Waals surface area (Å²) in [6, 6.07) is 14.1. The molecule has 2 N–H and O–H groups in total. The molecule has 4 rings (SSSR count). The van der Waals surface area contributed by atoms with Gasteiger partial charge in [0.25, 0.3) is 5.69 Å². The molecular formula is C20H15N7O2. The van der Waals surface area contributed by atoms with Crippen molar-refractivity contribution in [3.8, 4) is 17.3 Å². The number of nitrogens with zero attached hydrogens (tertiary/aromatic N) is 6. The minimum Gasteiger partial charge on any atom is -0.368 e. The number of hydrogen-bond acceptors (Lipinski definition) is 7. The highest BCUT2D eigenvalue weighted by Crippen LogP contribution is 2.28. The molecule has 4 aromatic rings. The van der Waals surface area contributed by atoms with Crippen molar-refractivity contribution in [2.24, 2.45) is 0 Å². The summed E-state index contributed by atoms with van der Waals surface area (Å²) in [6.45, 7) is 2.07. The molecule has 0 saturated heterocycles. The van der Waals surface area contributed by atoms with Crippen LogP contribution in [0, 0.1) is 28.4 Å². The quantitative estimate of drug-likeness (QED) is 0.420. The van der Waals surface area contributed by atoms with Gasteiger partial charge in [-0.05, 0) is 30.7 Å². The van der Waals surface area contributed by atoms with Gasteiger partial charge in [-0.3, -0.25) is 10.1 Å². The zero-order chi connectivity index (χ0) is 20.5. The number of nitrogen functional groups attached to an aromatic ring is 1. The van der Waals surface area contributed by atoms with Gasteiger partial charge in [0.15, 0.2) is 5.65 Å². The molecule has 29 heavy (non-hydrogen) atoms. The van der Waals surface area contributed by atoms with Crippen LogP contribution >= 0.6 is 0 Å². The molecule has 2 aromatic heterocycles. The standard InChI is InChI=1S/C20H15N7O2/c1-12-7-14(5-6-17(12)27(28)29)11-26-19-16(10-23-26)18(24-20(22)25-19)15-4-2-3-13(8-15)9-21/h2-8,10H,11H2,1H3,(H2,22,24,25). The molecule has 0 spiro atoms. The summed E-state index contributed by atoms with van der Waals surface area (Å²) in [6.07, 6.45) is 1.65. The van der Waals surface area contributed by atoms with Crippen LogP contribution in [0.1, 0.15) is 16.7 Å². The highest BCUT2D eigenvalue weighted by molar-refractivity contribution is 5.91. The van der Waals surface area contributed by atoms with E-state index in [0.717, 1.165) is 11.1 Å². The summed E-state index contributed by atoms with van der Waals surface area (Å²) < 4.78 is 1.67. The molecule has 0 aliphatic heterocycles. The zero-order valence-corrected chi connectivity index (χ0v) is 15.4. The lowest BCUT2D eigenvalue weighted by molar-refractivity contribution is -0.385. The monoisotopic (exact) mass is 385 g/mol. The van der Waals surface area contributed by atoms with Crippen LogP contribution in [0.15, 0.2) is 48.7 Å². The third kappa shape index (κ3) is 3.35. The first-order chi connectivity index (χ1) is 14.0. The van der Waals surface area contributed by atoms with E-state index in [9.17, 15) is 10.1 Å². The normalized spacial score (nSPS) is 10.8. The Labute approximate surface area is 165 Å². The molecule has 0 unspecified atom stereocenters. The van der Waals surface area contributed by atoms with E-state index < -0.39 is 4.92 Å². The Bertz CT molecular complexity index is 1300. The Morgan fingerprint density at radius 3 is 2.79 bits per heavy atom. The first-order valence-corrected chi connectivity index (χ1v) is 8.70. The largest absolute Gasteiger partial charge is 0.368 e. The maximum Gasteiger partial charge on any atom is 0.272 e. The fourth-order valence-corrected chi connectivity index (χ4v) is 3.24. The Morgan fingerprint density at radius 1 is 1.24 bits per heavy atom. The number of nitriles is 1. The van der Waals surface area contributed by atoms with Crippen LogP contribution in [-0.4, -0.2) is 24.7 Å². The fraction of sp³-hybridized carbons (Fsp3) is 0.100. The van der Waals surface area contributed by atoms with Gasteiger partial charge in [0.2, 0.25) is 5.95 Å². The third-order valence-electron chi connectivity index (χ3n) is 4.57. The molecule has 0 radical (unpaired) electrons. The molecule has 0 aliphatic carbocycles. The van der Waals surface area contributed by atoms with E-state index in [1.807, 2.05) is 6.07 Å². The topological polar surface area (TPSA) is 137 Å². The smallest absolute Gasteiger partial charge is 0.272 e. The number of fused-ring (bicyclic) bond motifs is 1. The van der Waals surface area contributed by atoms with Crippen LogP contribution in [0.2, 0.25) is 0 Å². The highest BCUT2D eigenvalue weighted by atomic mass is 16.6. The molecule has 2 aromatic carbocycles. The number of benzene rings is 2. The van der Waals surface area contributed by atoms with E-state index >= 15 is 0 Å². The Morgan fingerprint density at radius 2 is 2.07 bits per heavy atom. The first kappa shape index (κ1) is 18.1. The molecule has 2 heterocycles. The average Bonchev–Trinajstić information content (AvgIpc) is 3.09. The van der Waals surface area contributed by atoms with Gasteiger partial charge in [-0.2, -0.15) is 15.3 Å². The molecular weight excluding hydrogens is 370 g/mol. The number of aromatic nitrogens is 4. The van der Waals surface area contributed by atoms with Crippen molar-refractivity contribution in [1.29, 1.82) is 5.26 Å². The number of nitrogens with two attached hydrogens (primary N) is 1. The fourth-order valence-electron chi connectivity index (χ4n) is 3.24. The lowest BCUT2D eigenvalue weighted by atomic mass is 10.1. The molecule has 0 saturated carbocycles. The maximum atomic E-state index is 11.0. The molecule has 0 amide bonds. The summed E-state index contributed by atoms with van der Waals surface area (Å²) in [7, 11) is 0. The molecule has 9 nitrogen and oxygen atoms in total. The van der Waals surface area contributed by atoms with Crippen LogP contribution in [0.5, 0.6) is 0 Å². The van der Waals surface area contributed by atoms with Crippen LogP contribution in [-0.2, 0) is 6.54 Å². The van der Waals surface area contributed by atoms with Gasteiger partial charge in [-0.15, -0.1) is 0 Å². The van der Waals surface area contributed by atoms with Crippen molar-refractivity contribution >= 4 is 22.7 Å². The van der Waals surface area contributed by atoms with E-state index in [2.05, 4.69) is 21.1 Å². The summed E-state index contributed by atoms with van der Waals surface area (Å²) in [5.74, 6) is 0.0940. The van der Waals surface area contributed by atoms with Crippen LogP contribution < -0.4 is 5.73 Å². The van der Waals surface area contributed by atoms with E-state index in [-0.39, 0.29) is 11.6 Å². The number of aryl methyl sites for hydroxylation is 1. The Hall–Kier alpha value is -4.32. The molecule has 0 atom stereocenters. The minimum absolute atomic E-state index is 0.0744. The van der Waals surface area contributed by atoms with Crippen molar-refractivity contribution in [1.82, 2.24) is 19.7 Å². The molecule has 0 fully saturated rings. The van der Waals surface area contributed by atoms with Gasteiger partial charge in [0.05, 0.1) is 40.4 Å². The molecule has 0 bridgehead atoms. The summed E-state index contributed by atoms with van der Waals surface area (Å²) >= 11 is 0. The average molecular weight is 385 g/mol. The SMILES string of the molecule is Cc1cc(Cn2ncc3c(-c4cccc(C#N)c4)nc(N)nc32)ccc1[N+](=O)[O-]. The highest BCUT2D eigenvalue weighted by Gasteiger charge is 2.15. The number of nitro benzene ring substituents is 1. The molecule has 9 heteroatoms. The molecule has 0 aliphatic rings.